The minimum Gasteiger partial charge on any atom is -0.460 e. The summed E-state index contributed by atoms with van der Waals surface area (Å²) >= 11 is 1.36. The van der Waals surface area contributed by atoms with Crippen molar-refractivity contribution >= 4 is 28.4 Å². The van der Waals surface area contributed by atoms with Gasteiger partial charge in [0.05, 0.1) is 30.3 Å². The molecule has 1 saturated carbocycles. The van der Waals surface area contributed by atoms with E-state index in [0.29, 0.717) is 28.1 Å². The first-order valence-corrected chi connectivity index (χ1v) is 13.8. The highest BCUT2D eigenvalue weighted by atomic mass is 32.1. The van der Waals surface area contributed by atoms with Crippen LogP contribution in [0.1, 0.15) is 52.0 Å². The van der Waals surface area contributed by atoms with Crippen LogP contribution in [0, 0.1) is 11.2 Å². The predicted octanol–water partition coefficient (Wildman–Crippen LogP) is 5.58. The lowest BCUT2D eigenvalue weighted by Gasteiger charge is -2.45. The summed E-state index contributed by atoms with van der Waals surface area (Å²) in [5, 5.41) is 3.57. The summed E-state index contributed by atoms with van der Waals surface area (Å²) in [7, 11) is 1.55. The average Bonchev–Trinajstić information content (AvgIpc) is 3.33. The van der Waals surface area contributed by atoms with Gasteiger partial charge >= 0.3 is 12.1 Å². The van der Waals surface area contributed by atoms with Gasteiger partial charge in [-0.15, -0.1) is 0 Å². The van der Waals surface area contributed by atoms with Gasteiger partial charge in [-0.05, 0) is 52.5 Å². The maximum Gasteiger partial charge on any atom is 0.410 e. The van der Waals surface area contributed by atoms with Crippen molar-refractivity contribution in [1.29, 1.82) is 0 Å². The number of nitrogens with one attached hydrogen (secondary N) is 1. The lowest BCUT2D eigenvalue weighted by molar-refractivity contribution is -0.140. The quantitative estimate of drug-likeness (QED) is 0.398. The summed E-state index contributed by atoms with van der Waals surface area (Å²) in [5.41, 5.74) is 0.706. The zero-order valence-corrected chi connectivity index (χ0v) is 23.4. The van der Waals surface area contributed by atoms with Gasteiger partial charge in [-0.1, -0.05) is 11.3 Å². The minimum absolute atomic E-state index is 0.0314. The molecular weight excluding hydrogens is 523 g/mol. The molecule has 0 radical (unpaired) electrons. The van der Waals surface area contributed by atoms with E-state index in [4.69, 9.17) is 14.2 Å². The van der Waals surface area contributed by atoms with Crippen molar-refractivity contribution in [2.45, 2.75) is 64.7 Å². The molecule has 2 fully saturated rings. The SMILES string of the molecule is CN(Cc1cnc(Nc2ncc(-c3ccnc(OC4CCC5(CC4)COC5)n3)s2)cc1F)C(=O)OC(C)(C)C. The van der Waals surface area contributed by atoms with Crippen LogP contribution in [0.15, 0.2) is 30.7 Å². The Labute approximate surface area is 231 Å². The van der Waals surface area contributed by atoms with Crippen molar-refractivity contribution in [2.75, 3.05) is 25.6 Å². The fourth-order valence-electron chi connectivity index (χ4n) is 4.55. The fourth-order valence-corrected chi connectivity index (χ4v) is 5.34. The summed E-state index contributed by atoms with van der Waals surface area (Å²) < 4.78 is 31.6. The zero-order valence-electron chi connectivity index (χ0n) is 22.6. The van der Waals surface area contributed by atoms with Crippen molar-refractivity contribution in [3.63, 3.8) is 0 Å². The number of thiazole rings is 1. The Morgan fingerprint density at radius 3 is 2.67 bits per heavy atom. The van der Waals surface area contributed by atoms with E-state index >= 15 is 0 Å². The standard InChI is InChI=1S/C27H33FN6O4S/c1-26(2,3)38-25(35)34(4)14-17-12-30-22(11-19(17)28)33-24-31-13-21(39-24)20-7-10-29-23(32-20)37-18-5-8-27(9-6-18)15-36-16-27/h7,10-13,18H,5-6,8-9,14-16H2,1-4H3,(H,30,31,33). The van der Waals surface area contributed by atoms with Crippen LogP contribution >= 0.6 is 11.3 Å². The third kappa shape index (κ3) is 6.80. The number of hydrogen-bond donors (Lipinski definition) is 1. The van der Waals surface area contributed by atoms with Crippen molar-refractivity contribution in [1.82, 2.24) is 24.8 Å². The van der Waals surface area contributed by atoms with Gasteiger partial charge in [-0.3, -0.25) is 0 Å². The topological polar surface area (TPSA) is 112 Å². The smallest absolute Gasteiger partial charge is 0.410 e. The van der Waals surface area contributed by atoms with Crippen LogP contribution in [-0.2, 0) is 16.0 Å². The molecule has 1 spiro atoms. The lowest BCUT2D eigenvalue weighted by atomic mass is 9.72. The Morgan fingerprint density at radius 2 is 2.00 bits per heavy atom. The molecule has 1 saturated heterocycles. The highest BCUT2D eigenvalue weighted by molar-refractivity contribution is 7.18. The Bertz CT molecular complexity index is 1320. The lowest BCUT2D eigenvalue weighted by Crippen LogP contribution is -2.46. The molecule has 1 aliphatic heterocycles. The van der Waals surface area contributed by atoms with Gasteiger partial charge in [0.25, 0.3) is 0 Å². The normalized spacial score (nSPS) is 16.9. The van der Waals surface area contributed by atoms with E-state index in [1.54, 1.807) is 46.3 Å². The number of aromatic nitrogens is 4. The van der Waals surface area contributed by atoms with Crippen molar-refractivity contribution < 1.29 is 23.4 Å². The Hall–Kier alpha value is -3.38. The van der Waals surface area contributed by atoms with E-state index < -0.39 is 17.5 Å². The first-order valence-electron chi connectivity index (χ1n) is 13.0. The second-order valence-corrected chi connectivity index (χ2v) is 12.2. The van der Waals surface area contributed by atoms with Gasteiger partial charge in [0.15, 0.2) is 5.13 Å². The predicted molar refractivity (Wildman–Crippen MR) is 144 cm³/mol. The molecule has 5 rings (SSSR count). The third-order valence-corrected chi connectivity index (χ3v) is 7.69. The molecule has 10 nitrogen and oxygen atoms in total. The molecule has 3 aromatic rings. The maximum absolute atomic E-state index is 14.8. The molecule has 1 amide bonds. The molecule has 4 heterocycles. The van der Waals surface area contributed by atoms with E-state index in [1.165, 1.54) is 28.5 Å². The van der Waals surface area contributed by atoms with E-state index in [-0.39, 0.29) is 18.2 Å². The number of nitrogens with zero attached hydrogens (tertiary/aromatic N) is 5. The minimum atomic E-state index is -0.631. The number of halogens is 1. The van der Waals surface area contributed by atoms with Gasteiger partial charge in [-0.25, -0.2) is 24.1 Å². The number of hydrogen-bond acceptors (Lipinski definition) is 10. The molecule has 12 heteroatoms. The highest BCUT2D eigenvalue weighted by Gasteiger charge is 2.42. The molecule has 208 valence electrons. The zero-order chi connectivity index (χ0) is 27.6. The highest BCUT2D eigenvalue weighted by Crippen LogP contribution is 2.43. The summed E-state index contributed by atoms with van der Waals surface area (Å²) in [6.45, 7) is 7.10. The summed E-state index contributed by atoms with van der Waals surface area (Å²) in [6.07, 6.45) is 8.52. The number of ether oxygens (including phenoxy) is 3. The molecule has 0 bridgehead atoms. The van der Waals surface area contributed by atoms with Crippen LogP contribution in [0.3, 0.4) is 0 Å². The molecule has 0 atom stereocenters. The second kappa shape index (κ2) is 11.0. The monoisotopic (exact) mass is 556 g/mol. The van der Waals surface area contributed by atoms with Gasteiger partial charge in [0.1, 0.15) is 23.3 Å². The van der Waals surface area contributed by atoms with Crippen LogP contribution in [0.2, 0.25) is 0 Å². The van der Waals surface area contributed by atoms with Crippen LogP contribution in [-0.4, -0.2) is 62.9 Å². The van der Waals surface area contributed by atoms with Crippen molar-refractivity contribution in [3.8, 4) is 16.6 Å². The van der Waals surface area contributed by atoms with Gasteiger partial charge in [-0.2, -0.15) is 4.98 Å². The maximum atomic E-state index is 14.8. The second-order valence-electron chi connectivity index (χ2n) is 11.2. The van der Waals surface area contributed by atoms with Crippen LogP contribution in [0.4, 0.5) is 20.1 Å². The summed E-state index contributed by atoms with van der Waals surface area (Å²) in [5.74, 6) is -0.188. The van der Waals surface area contributed by atoms with E-state index in [0.717, 1.165) is 43.8 Å². The number of amides is 1. The molecule has 3 aromatic heterocycles. The third-order valence-electron chi connectivity index (χ3n) is 6.75. The fraction of sp³-hybridized carbons (Fsp3) is 0.519. The Kier molecular flexibility index (Phi) is 7.68. The number of carbonyl (C=O) groups is 1. The van der Waals surface area contributed by atoms with Crippen LogP contribution < -0.4 is 10.1 Å². The molecule has 2 aliphatic rings. The van der Waals surface area contributed by atoms with Crippen LogP contribution in [0.25, 0.3) is 10.6 Å². The van der Waals surface area contributed by atoms with Crippen LogP contribution in [0.5, 0.6) is 6.01 Å². The summed E-state index contributed by atoms with van der Waals surface area (Å²) in [6, 6.07) is 3.44. The van der Waals surface area contributed by atoms with Crippen molar-refractivity contribution in [3.05, 3.63) is 42.1 Å². The molecule has 1 aliphatic carbocycles. The number of pyridine rings is 1. The van der Waals surface area contributed by atoms with Gasteiger partial charge < -0.3 is 24.4 Å². The summed E-state index contributed by atoms with van der Waals surface area (Å²) in [4.78, 5) is 31.9. The van der Waals surface area contributed by atoms with Gasteiger partial charge in [0.2, 0.25) is 0 Å². The first-order chi connectivity index (χ1) is 18.6. The molecular formula is C27H33FN6O4S. The average molecular weight is 557 g/mol. The molecule has 39 heavy (non-hydrogen) atoms. The number of carbonyl (C=O) groups excluding carboxylic acids is 1. The number of rotatable bonds is 7. The van der Waals surface area contributed by atoms with Crippen molar-refractivity contribution in [2.24, 2.45) is 5.41 Å². The Balaban J connectivity index is 1.18. The molecule has 0 unspecified atom stereocenters. The first kappa shape index (κ1) is 27.2. The van der Waals surface area contributed by atoms with E-state index in [2.05, 4.69) is 25.3 Å². The molecule has 0 aromatic carbocycles. The largest absolute Gasteiger partial charge is 0.460 e. The van der Waals surface area contributed by atoms with E-state index in [9.17, 15) is 9.18 Å². The van der Waals surface area contributed by atoms with E-state index in [1.807, 2.05) is 0 Å². The molecule has 1 N–H and O–H groups in total. The van der Waals surface area contributed by atoms with Gasteiger partial charge in [0, 0.05) is 42.7 Å². The Morgan fingerprint density at radius 1 is 1.23 bits per heavy atom. The number of anilines is 2.